The number of benzene rings is 1. The van der Waals surface area contributed by atoms with Crippen molar-refractivity contribution in [2.75, 3.05) is 13.2 Å². The smallest absolute Gasteiger partial charge is 0.145 e. The number of rotatable bonds is 13. The van der Waals surface area contributed by atoms with Crippen molar-refractivity contribution in [3.05, 3.63) is 35.5 Å². The SMILES string of the molecule is CCOc1ccc(C)c2ccc(CCCCCCCCCCCO)nc12. The molecule has 0 saturated heterocycles. The Morgan fingerprint density at radius 3 is 2.15 bits per heavy atom. The zero-order valence-corrected chi connectivity index (χ0v) is 16.6. The molecule has 0 saturated carbocycles. The predicted octanol–water partition coefficient (Wildman–Crippen LogP) is 5.99. The van der Waals surface area contributed by atoms with Gasteiger partial charge in [-0.2, -0.15) is 0 Å². The van der Waals surface area contributed by atoms with E-state index < -0.39 is 0 Å². The summed E-state index contributed by atoms with van der Waals surface area (Å²) in [5.41, 5.74) is 3.43. The highest BCUT2D eigenvalue weighted by Crippen LogP contribution is 2.27. The maximum Gasteiger partial charge on any atom is 0.145 e. The summed E-state index contributed by atoms with van der Waals surface area (Å²) in [7, 11) is 0. The Labute approximate surface area is 158 Å². The molecule has 1 heterocycles. The van der Waals surface area contributed by atoms with Crippen LogP contribution >= 0.6 is 0 Å². The zero-order chi connectivity index (χ0) is 18.6. The van der Waals surface area contributed by atoms with Crippen LogP contribution in [0.5, 0.6) is 5.75 Å². The molecular weight excluding hydrogens is 322 g/mol. The van der Waals surface area contributed by atoms with Gasteiger partial charge in [-0.1, -0.05) is 57.1 Å². The third-order valence-electron chi connectivity index (χ3n) is 4.99. The van der Waals surface area contributed by atoms with Gasteiger partial charge in [0.1, 0.15) is 11.3 Å². The lowest BCUT2D eigenvalue weighted by atomic mass is 10.0. The van der Waals surface area contributed by atoms with Gasteiger partial charge in [0.2, 0.25) is 0 Å². The molecule has 3 heteroatoms. The Hall–Kier alpha value is -1.61. The maximum absolute atomic E-state index is 8.76. The van der Waals surface area contributed by atoms with E-state index in [1.54, 1.807) is 0 Å². The van der Waals surface area contributed by atoms with Gasteiger partial charge < -0.3 is 9.84 Å². The molecule has 2 rings (SSSR count). The number of aliphatic hydroxyl groups is 1. The summed E-state index contributed by atoms with van der Waals surface area (Å²) >= 11 is 0. The second-order valence-electron chi connectivity index (χ2n) is 7.17. The average Bonchev–Trinajstić information content (AvgIpc) is 2.66. The fourth-order valence-corrected chi connectivity index (χ4v) is 3.44. The lowest BCUT2D eigenvalue weighted by Crippen LogP contribution is -1.97. The number of aryl methyl sites for hydroxylation is 2. The molecule has 0 aliphatic rings. The van der Waals surface area contributed by atoms with Crippen LogP contribution in [0.4, 0.5) is 0 Å². The lowest BCUT2D eigenvalue weighted by molar-refractivity contribution is 0.282. The van der Waals surface area contributed by atoms with Crippen LogP contribution < -0.4 is 4.74 Å². The van der Waals surface area contributed by atoms with Crippen molar-refractivity contribution in [1.29, 1.82) is 0 Å². The van der Waals surface area contributed by atoms with Crippen LogP contribution in [0.25, 0.3) is 10.9 Å². The Morgan fingerprint density at radius 2 is 1.50 bits per heavy atom. The first kappa shape index (κ1) is 20.7. The van der Waals surface area contributed by atoms with Gasteiger partial charge in [-0.05, 0) is 50.8 Å². The Morgan fingerprint density at radius 1 is 0.846 bits per heavy atom. The molecule has 0 bridgehead atoms. The Bertz CT molecular complexity index is 654. The molecule has 1 N–H and O–H groups in total. The van der Waals surface area contributed by atoms with Crippen molar-refractivity contribution < 1.29 is 9.84 Å². The highest BCUT2D eigenvalue weighted by atomic mass is 16.5. The Kier molecular flexibility index (Phi) is 9.47. The molecule has 0 unspecified atom stereocenters. The second-order valence-corrected chi connectivity index (χ2v) is 7.17. The summed E-state index contributed by atoms with van der Waals surface area (Å²) in [5.74, 6) is 0.899. The molecule has 3 nitrogen and oxygen atoms in total. The number of nitrogens with zero attached hydrogens (tertiary/aromatic N) is 1. The first-order chi connectivity index (χ1) is 12.8. The molecule has 0 radical (unpaired) electrons. The molecule has 26 heavy (non-hydrogen) atoms. The van der Waals surface area contributed by atoms with Gasteiger partial charge in [-0.3, -0.25) is 0 Å². The summed E-state index contributed by atoms with van der Waals surface area (Å²) in [5, 5.41) is 9.96. The van der Waals surface area contributed by atoms with Crippen LogP contribution in [0.2, 0.25) is 0 Å². The number of aromatic nitrogens is 1. The number of pyridine rings is 1. The zero-order valence-electron chi connectivity index (χ0n) is 16.6. The van der Waals surface area contributed by atoms with Crippen molar-refractivity contribution in [3.8, 4) is 5.75 Å². The monoisotopic (exact) mass is 357 g/mol. The number of fused-ring (bicyclic) bond motifs is 1. The second kappa shape index (κ2) is 11.9. The minimum absolute atomic E-state index is 0.342. The number of hydrogen-bond acceptors (Lipinski definition) is 3. The van der Waals surface area contributed by atoms with Crippen LogP contribution in [0, 0.1) is 6.92 Å². The number of aliphatic hydroxyl groups excluding tert-OH is 1. The fourth-order valence-electron chi connectivity index (χ4n) is 3.44. The molecule has 0 spiro atoms. The van der Waals surface area contributed by atoms with Crippen LogP contribution in [0.1, 0.15) is 76.0 Å². The van der Waals surface area contributed by atoms with Gasteiger partial charge >= 0.3 is 0 Å². The molecule has 0 aliphatic carbocycles. The first-order valence-corrected chi connectivity index (χ1v) is 10.4. The minimum atomic E-state index is 0.342. The summed E-state index contributed by atoms with van der Waals surface area (Å²) in [6.07, 6.45) is 12.2. The summed E-state index contributed by atoms with van der Waals surface area (Å²) in [6, 6.07) is 8.52. The van der Waals surface area contributed by atoms with Gasteiger partial charge in [0.05, 0.1) is 6.61 Å². The summed E-state index contributed by atoms with van der Waals surface area (Å²) in [4.78, 5) is 4.88. The average molecular weight is 358 g/mol. The standard InChI is InChI=1S/C23H35NO2/c1-3-26-22-17-14-19(2)21-16-15-20(24-23(21)22)13-11-9-7-5-4-6-8-10-12-18-25/h14-17,25H,3-13,18H2,1-2H3. The fraction of sp³-hybridized carbons (Fsp3) is 0.609. The van der Waals surface area contributed by atoms with Gasteiger partial charge in [0.15, 0.2) is 0 Å². The van der Waals surface area contributed by atoms with E-state index in [0.717, 1.165) is 24.1 Å². The third kappa shape index (κ3) is 6.60. The molecule has 1 aromatic carbocycles. The van der Waals surface area contributed by atoms with Gasteiger partial charge in [-0.15, -0.1) is 0 Å². The molecule has 1 aromatic heterocycles. The normalized spacial score (nSPS) is 11.2. The van der Waals surface area contributed by atoms with Crippen molar-refractivity contribution in [1.82, 2.24) is 4.98 Å². The first-order valence-electron chi connectivity index (χ1n) is 10.4. The van der Waals surface area contributed by atoms with Crippen LogP contribution in [-0.2, 0) is 6.42 Å². The predicted molar refractivity (Wildman–Crippen MR) is 110 cm³/mol. The summed E-state index contributed by atoms with van der Waals surface area (Å²) < 4.78 is 5.76. The minimum Gasteiger partial charge on any atom is -0.492 e. The van der Waals surface area contributed by atoms with Crippen LogP contribution in [-0.4, -0.2) is 23.3 Å². The van der Waals surface area contributed by atoms with Crippen LogP contribution in [0.15, 0.2) is 24.3 Å². The van der Waals surface area contributed by atoms with Crippen molar-refractivity contribution in [2.45, 2.75) is 78.1 Å². The molecule has 0 atom stereocenters. The van der Waals surface area contributed by atoms with Crippen molar-refractivity contribution in [3.63, 3.8) is 0 Å². The largest absolute Gasteiger partial charge is 0.492 e. The number of ether oxygens (including phenoxy) is 1. The van der Waals surface area contributed by atoms with E-state index in [-0.39, 0.29) is 0 Å². The number of hydrogen-bond donors (Lipinski definition) is 1. The quantitative estimate of drug-likeness (QED) is 0.448. The van der Waals surface area contributed by atoms with Crippen LogP contribution in [0.3, 0.4) is 0 Å². The molecule has 0 fully saturated rings. The van der Waals surface area contributed by atoms with Gasteiger partial charge in [0, 0.05) is 17.7 Å². The van der Waals surface area contributed by atoms with E-state index in [2.05, 4.69) is 25.1 Å². The molecule has 0 amide bonds. The molecule has 0 aliphatic heterocycles. The molecule has 2 aromatic rings. The van der Waals surface area contributed by atoms with E-state index >= 15 is 0 Å². The maximum atomic E-state index is 8.76. The highest BCUT2D eigenvalue weighted by molar-refractivity contribution is 5.87. The van der Waals surface area contributed by atoms with E-state index in [9.17, 15) is 0 Å². The number of unbranched alkanes of at least 4 members (excludes halogenated alkanes) is 8. The van der Waals surface area contributed by atoms with E-state index in [1.807, 2.05) is 13.0 Å². The Balaban J connectivity index is 1.74. The van der Waals surface area contributed by atoms with E-state index in [4.69, 9.17) is 14.8 Å². The van der Waals surface area contributed by atoms with Gasteiger partial charge in [-0.25, -0.2) is 4.98 Å². The molecule has 144 valence electrons. The van der Waals surface area contributed by atoms with E-state index in [0.29, 0.717) is 13.2 Å². The van der Waals surface area contributed by atoms with Crippen molar-refractivity contribution in [2.24, 2.45) is 0 Å². The highest BCUT2D eigenvalue weighted by Gasteiger charge is 2.07. The third-order valence-corrected chi connectivity index (χ3v) is 4.99. The topological polar surface area (TPSA) is 42.4 Å². The van der Waals surface area contributed by atoms with Gasteiger partial charge in [0.25, 0.3) is 0 Å². The van der Waals surface area contributed by atoms with Crippen molar-refractivity contribution >= 4 is 10.9 Å². The lowest BCUT2D eigenvalue weighted by Gasteiger charge is -2.10. The van der Waals surface area contributed by atoms with E-state index in [1.165, 1.54) is 68.0 Å². The molecular formula is C23H35NO2. The summed E-state index contributed by atoms with van der Waals surface area (Å²) in [6.45, 7) is 5.16.